The average molecular weight is 481 g/mol. The Bertz CT molecular complexity index is 1020. The Kier molecular flexibility index (Phi) is 8.54. The van der Waals surface area contributed by atoms with E-state index in [0.717, 1.165) is 0 Å². The lowest BCUT2D eigenvalue weighted by atomic mass is 9.84. The van der Waals surface area contributed by atoms with Gasteiger partial charge in [0.1, 0.15) is 6.61 Å². The fourth-order valence-electron chi connectivity index (χ4n) is 4.39. The number of carboxylic acid groups (broad SMARTS) is 1. The number of alkyl carbamates (subject to hydrolysis) is 1. The summed E-state index contributed by atoms with van der Waals surface area (Å²) in [7, 11) is 0. The first-order chi connectivity index (χ1) is 16.6. The molecule has 188 valence electrons. The van der Waals surface area contributed by atoms with Gasteiger partial charge < -0.3 is 20.5 Å². The third-order valence-electron chi connectivity index (χ3n) is 6.97. The highest BCUT2D eigenvalue weighted by Crippen LogP contribution is 2.44. The summed E-state index contributed by atoms with van der Waals surface area (Å²) in [4.78, 5) is 35.6. The number of aliphatic carboxylic acids is 1. The highest BCUT2D eigenvalue weighted by molar-refractivity contribution is 5.79. The zero-order valence-corrected chi connectivity index (χ0v) is 21.0. The van der Waals surface area contributed by atoms with Crippen molar-refractivity contribution in [2.45, 2.75) is 58.9 Å². The van der Waals surface area contributed by atoms with Crippen LogP contribution in [0.4, 0.5) is 4.79 Å². The van der Waals surface area contributed by atoms with Gasteiger partial charge in [0.05, 0.1) is 5.92 Å². The van der Waals surface area contributed by atoms with Gasteiger partial charge in [-0.15, -0.1) is 0 Å². The lowest BCUT2D eigenvalue weighted by molar-refractivity contribution is -0.142. The van der Waals surface area contributed by atoms with Crippen LogP contribution in [0.3, 0.4) is 0 Å². The maximum Gasteiger partial charge on any atom is 0.407 e. The van der Waals surface area contributed by atoms with Crippen molar-refractivity contribution in [2.24, 2.45) is 11.3 Å². The number of carbonyl (C=O) groups excluding carboxylic acids is 2. The van der Waals surface area contributed by atoms with Crippen molar-refractivity contribution in [1.29, 1.82) is 0 Å². The third kappa shape index (κ3) is 6.84. The van der Waals surface area contributed by atoms with E-state index >= 15 is 0 Å². The summed E-state index contributed by atoms with van der Waals surface area (Å²) in [5, 5.41) is 14.6. The number of rotatable bonds is 11. The van der Waals surface area contributed by atoms with E-state index in [0.29, 0.717) is 25.8 Å². The Morgan fingerprint density at radius 3 is 2.11 bits per heavy atom. The first-order valence-electron chi connectivity index (χ1n) is 12.2. The Morgan fingerprint density at radius 2 is 1.54 bits per heavy atom. The fourth-order valence-corrected chi connectivity index (χ4v) is 4.39. The van der Waals surface area contributed by atoms with Gasteiger partial charge in [-0.3, -0.25) is 9.59 Å². The van der Waals surface area contributed by atoms with Gasteiger partial charge in [0.25, 0.3) is 0 Å². The monoisotopic (exact) mass is 480 g/mol. The first kappa shape index (κ1) is 26.3. The Morgan fingerprint density at radius 1 is 0.971 bits per heavy atom. The molecule has 7 heteroatoms. The van der Waals surface area contributed by atoms with Crippen molar-refractivity contribution in [1.82, 2.24) is 10.6 Å². The van der Waals surface area contributed by atoms with Crippen molar-refractivity contribution < 1.29 is 24.2 Å². The van der Waals surface area contributed by atoms with E-state index in [4.69, 9.17) is 9.84 Å². The van der Waals surface area contributed by atoms with Crippen LogP contribution < -0.4 is 10.6 Å². The molecule has 1 aliphatic carbocycles. The summed E-state index contributed by atoms with van der Waals surface area (Å²) < 4.78 is 5.58. The normalized spacial score (nSPS) is 14.4. The highest BCUT2D eigenvalue weighted by atomic mass is 16.5. The minimum absolute atomic E-state index is 0.0225. The van der Waals surface area contributed by atoms with Crippen LogP contribution in [0.2, 0.25) is 0 Å². The molecule has 2 atom stereocenters. The van der Waals surface area contributed by atoms with E-state index in [2.05, 4.69) is 34.9 Å². The molecule has 0 radical (unpaired) electrons. The van der Waals surface area contributed by atoms with Gasteiger partial charge in [-0.2, -0.15) is 0 Å². The van der Waals surface area contributed by atoms with Gasteiger partial charge in [0.15, 0.2) is 0 Å². The molecule has 0 saturated heterocycles. The zero-order chi connectivity index (χ0) is 25.6. The van der Waals surface area contributed by atoms with Gasteiger partial charge in [-0.25, -0.2) is 4.79 Å². The summed E-state index contributed by atoms with van der Waals surface area (Å²) >= 11 is 0. The van der Waals surface area contributed by atoms with Crippen LogP contribution in [0.25, 0.3) is 11.1 Å². The molecule has 1 aliphatic rings. The maximum absolute atomic E-state index is 12.4. The number of hydrogen-bond donors (Lipinski definition) is 3. The number of nitrogens with one attached hydrogen (secondary N) is 2. The van der Waals surface area contributed by atoms with Crippen molar-refractivity contribution in [3.63, 3.8) is 0 Å². The van der Waals surface area contributed by atoms with E-state index in [1.165, 1.54) is 22.3 Å². The molecule has 0 bridgehead atoms. The van der Waals surface area contributed by atoms with Crippen LogP contribution in [0.1, 0.15) is 64.0 Å². The number of carboxylic acids is 1. The molecule has 0 aliphatic heterocycles. The number of fused-ring (bicyclic) bond motifs is 3. The van der Waals surface area contributed by atoms with Crippen LogP contribution in [0, 0.1) is 11.3 Å². The molecule has 0 fully saturated rings. The molecule has 35 heavy (non-hydrogen) atoms. The SMILES string of the molecule is CC(NC(=O)CCC(C)(C)CCNC(=O)OCC1c2ccccc2-c2ccccc21)C(C)C(=O)O. The molecule has 0 spiro atoms. The van der Waals surface area contributed by atoms with E-state index in [9.17, 15) is 14.4 Å². The fraction of sp³-hybridized carbons (Fsp3) is 0.464. The molecule has 2 unspecified atom stereocenters. The second-order valence-corrected chi connectivity index (χ2v) is 10.1. The van der Waals surface area contributed by atoms with Crippen LogP contribution in [0.5, 0.6) is 0 Å². The van der Waals surface area contributed by atoms with Gasteiger partial charge in [0, 0.05) is 24.9 Å². The first-order valence-corrected chi connectivity index (χ1v) is 12.2. The van der Waals surface area contributed by atoms with Gasteiger partial charge in [-0.05, 0) is 54.4 Å². The van der Waals surface area contributed by atoms with Crippen LogP contribution in [-0.2, 0) is 14.3 Å². The topological polar surface area (TPSA) is 105 Å². The summed E-state index contributed by atoms with van der Waals surface area (Å²) in [6.45, 7) is 8.08. The molecular formula is C28H36N2O5. The average Bonchev–Trinajstić information content (AvgIpc) is 3.14. The molecule has 0 aromatic heterocycles. The molecule has 0 saturated carbocycles. The predicted octanol–water partition coefficient (Wildman–Crippen LogP) is 4.95. The summed E-state index contributed by atoms with van der Waals surface area (Å²) in [5.74, 6) is -1.72. The molecule has 2 aromatic carbocycles. The van der Waals surface area contributed by atoms with E-state index < -0.39 is 24.0 Å². The Labute approximate surface area is 207 Å². The lowest BCUT2D eigenvalue weighted by Gasteiger charge is -2.25. The molecule has 3 rings (SSSR count). The standard InChI is InChI=1S/C28H36N2O5/c1-18(26(32)33)19(2)30-25(31)13-14-28(3,4)15-16-29-27(34)35-17-24-22-11-7-5-9-20(22)21-10-6-8-12-23(21)24/h5-12,18-19,24H,13-17H2,1-4H3,(H,29,34)(H,30,31)(H,32,33). The smallest absolute Gasteiger partial charge is 0.407 e. The minimum Gasteiger partial charge on any atom is -0.481 e. The van der Waals surface area contributed by atoms with Crippen molar-refractivity contribution >= 4 is 18.0 Å². The second-order valence-electron chi connectivity index (χ2n) is 10.1. The molecule has 0 heterocycles. The zero-order valence-electron chi connectivity index (χ0n) is 21.0. The van der Waals surface area contributed by atoms with Gasteiger partial charge in [-0.1, -0.05) is 62.4 Å². The van der Waals surface area contributed by atoms with E-state index in [-0.39, 0.29) is 23.8 Å². The largest absolute Gasteiger partial charge is 0.481 e. The molecule has 3 N–H and O–H groups in total. The number of benzene rings is 2. The van der Waals surface area contributed by atoms with Crippen LogP contribution >= 0.6 is 0 Å². The number of carbonyl (C=O) groups is 3. The summed E-state index contributed by atoms with van der Waals surface area (Å²) in [6, 6.07) is 16.0. The number of amides is 2. The highest BCUT2D eigenvalue weighted by Gasteiger charge is 2.29. The third-order valence-corrected chi connectivity index (χ3v) is 6.97. The molecular weight excluding hydrogens is 444 g/mol. The maximum atomic E-state index is 12.4. The second kappa shape index (κ2) is 11.4. The number of ether oxygens (including phenoxy) is 1. The Hall–Kier alpha value is -3.35. The van der Waals surface area contributed by atoms with Crippen molar-refractivity contribution in [3.05, 3.63) is 59.7 Å². The summed E-state index contributed by atoms with van der Waals surface area (Å²) in [6.07, 6.45) is 1.16. The summed E-state index contributed by atoms with van der Waals surface area (Å²) in [5.41, 5.74) is 4.56. The lowest BCUT2D eigenvalue weighted by Crippen LogP contribution is -2.40. The molecule has 2 aromatic rings. The van der Waals surface area contributed by atoms with E-state index in [1.807, 2.05) is 38.1 Å². The Balaban J connectivity index is 1.41. The minimum atomic E-state index is -0.933. The van der Waals surface area contributed by atoms with Crippen molar-refractivity contribution in [2.75, 3.05) is 13.2 Å². The predicted molar refractivity (Wildman–Crippen MR) is 135 cm³/mol. The quantitative estimate of drug-likeness (QED) is 0.422. The molecule has 7 nitrogen and oxygen atoms in total. The van der Waals surface area contributed by atoms with Gasteiger partial charge in [0.2, 0.25) is 5.91 Å². The van der Waals surface area contributed by atoms with Crippen LogP contribution in [-0.4, -0.2) is 42.3 Å². The van der Waals surface area contributed by atoms with Gasteiger partial charge >= 0.3 is 12.1 Å². The molecule has 2 amide bonds. The van der Waals surface area contributed by atoms with E-state index in [1.54, 1.807) is 13.8 Å². The van der Waals surface area contributed by atoms with Crippen molar-refractivity contribution in [3.8, 4) is 11.1 Å². The van der Waals surface area contributed by atoms with Crippen LogP contribution in [0.15, 0.2) is 48.5 Å². The number of hydrogen-bond acceptors (Lipinski definition) is 4.